The summed E-state index contributed by atoms with van der Waals surface area (Å²) in [4.78, 5) is 26.1. The average molecular weight is 258 g/mol. The third-order valence-electron chi connectivity index (χ3n) is 2.55. The number of carbonyl (C=O) groups is 1. The Hall–Kier alpha value is -1.89. The molecule has 0 saturated carbocycles. The molecule has 0 aromatic carbocycles. The van der Waals surface area contributed by atoms with E-state index in [1.165, 1.54) is 6.07 Å². The van der Waals surface area contributed by atoms with Gasteiger partial charge >= 0.3 is 5.97 Å². The topological polar surface area (TPSA) is 96.6 Å². The Bertz CT molecular complexity index is 487. The van der Waals surface area contributed by atoms with E-state index in [0.29, 0.717) is 18.9 Å². The first-order chi connectivity index (χ1) is 7.99. The molecule has 17 heavy (non-hydrogen) atoms. The lowest BCUT2D eigenvalue weighted by molar-refractivity contribution is -0.385. The molecule has 8 heteroatoms. The van der Waals surface area contributed by atoms with Gasteiger partial charge in [0.1, 0.15) is 12.0 Å². The molecular formula is C9H8ClN3O4. The van der Waals surface area contributed by atoms with Crippen molar-refractivity contribution in [2.24, 2.45) is 5.92 Å². The van der Waals surface area contributed by atoms with Crippen molar-refractivity contribution < 1.29 is 14.8 Å². The second-order valence-corrected chi connectivity index (χ2v) is 4.10. The third kappa shape index (κ3) is 2.14. The molecule has 0 unspecified atom stereocenters. The van der Waals surface area contributed by atoms with Crippen LogP contribution in [0.15, 0.2) is 12.3 Å². The van der Waals surface area contributed by atoms with Crippen molar-refractivity contribution in [2.45, 2.75) is 0 Å². The summed E-state index contributed by atoms with van der Waals surface area (Å²) < 4.78 is 0. The number of rotatable bonds is 3. The molecular weight excluding hydrogens is 250 g/mol. The van der Waals surface area contributed by atoms with Gasteiger partial charge in [-0.2, -0.15) is 0 Å². The molecule has 1 fully saturated rings. The molecule has 1 aliphatic rings. The Labute approximate surface area is 101 Å². The van der Waals surface area contributed by atoms with Crippen molar-refractivity contribution >= 4 is 29.1 Å². The molecule has 0 radical (unpaired) electrons. The minimum absolute atomic E-state index is 0.156. The second kappa shape index (κ2) is 4.17. The molecule has 2 heterocycles. The molecule has 0 atom stereocenters. The number of carboxylic acids is 1. The molecule has 90 valence electrons. The van der Waals surface area contributed by atoms with Gasteiger partial charge in [0.25, 0.3) is 5.69 Å². The molecule has 1 N–H and O–H groups in total. The smallest absolute Gasteiger partial charge is 0.310 e. The summed E-state index contributed by atoms with van der Waals surface area (Å²) in [6.07, 6.45) is 1.11. The highest BCUT2D eigenvalue weighted by Crippen LogP contribution is 2.31. The molecule has 2 rings (SSSR count). The van der Waals surface area contributed by atoms with Gasteiger partial charge in [-0.3, -0.25) is 14.9 Å². The molecule has 1 aliphatic heterocycles. The normalized spacial score (nSPS) is 15.5. The number of halogens is 1. The zero-order valence-electron chi connectivity index (χ0n) is 8.54. The number of hydrogen-bond donors (Lipinski definition) is 1. The van der Waals surface area contributed by atoms with Crippen molar-refractivity contribution in [2.75, 3.05) is 18.0 Å². The SMILES string of the molecule is O=C(O)C1CN(c2ncc([N+](=O)[O-])cc2Cl)C1. The summed E-state index contributed by atoms with van der Waals surface area (Å²) >= 11 is 5.85. The van der Waals surface area contributed by atoms with Gasteiger partial charge in [0.05, 0.1) is 15.9 Å². The Balaban J connectivity index is 2.14. The number of pyridine rings is 1. The fraction of sp³-hybridized carbons (Fsp3) is 0.333. The number of nitrogens with zero attached hydrogens (tertiary/aromatic N) is 3. The van der Waals surface area contributed by atoms with E-state index in [4.69, 9.17) is 16.7 Å². The third-order valence-corrected chi connectivity index (χ3v) is 2.83. The van der Waals surface area contributed by atoms with E-state index in [9.17, 15) is 14.9 Å². The van der Waals surface area contributed by atoms with E-state index in [-0.39, 0.29) is 10.7 Å². The van der Waals surface area contributed by atoms with Crippen LogP contribution in [0.3, 0.4) is 0 Å². The van der Waals surface area contributed by atoms with Crippen molar-refractivity contribution in [1.29, 1.82) is 0 Å². The number of hydrogen-bond acceptors (Lipinski definition) is 5. The lowest BCUT2D eigenvalue weighted by Gasteiger charge is -2.37. The van der Waals surface area contributed by atoms with Crippen LogP contribution in [0.1, 0.15) is 0 Å². The first kappa shape index (κ1) is 11.6. The summed E-state index contributed by atoms with van der Waals surface area (Å²) in [6.45, 7) is 0.639. The summed E-state index contributed by atoms with van der Waals surface area (Å²) in [5.41, 5.74) is -0.186. The minimum atomic E-state index is -0.862. The van der Waals surface area contributed by atoms with Gasteiger partial charge < -0.3 is 10.0 Å². The minimum Gasteiger partial charge on any atom is -0.481 e. The van der Waals surface area contributed by atoms with Crippen LogP contribution in [0, 0.1) is 16.0 Å². The molecule has 0 bridgehead atoms. The predicted molar refractivity (Wildman–Crippen MR) is 59.2 cm³/mol. The van der Waals surface area contributed by atoms with E-state index >= 15 is 0 Å². The Kier molecular flexibility index (Phi) is 2.84. The highest BCUT2D eigenvalue weighted by Gasteiger charge is 2.34. The summed E-state index contributed by atoms with van der Waals surface area (Å²) in [5.74, 6) is -0.905. The van der Waals surface area contributed by atoms with Gasteiger partial charge in [-0.25, -0.2) is 4.98 Å². The number of anilines is 1. The Morgan fingerprint density at radius 3 is 2.76 bits per heavy atom. The van der Waals surface area contributed by atoms with E-state index in [1.807, 2.05) is 0 Å². The first-order valence-corrected chi connectivity index (χ1v) is 5.14. The number of aliphatic carboxylic acids is 1. The number of aromatic nitrogens is 1. The number of carboxylic acid groups (broad SMARTS) is 1. The fourth-order valence-corrected chi connectivity index (χ4v) is 1.84. The Morgan fingerprint density at radius 1 is 1.65 bits per heavy atom. The molecule has 0 amide bonds. The van der Waals surface area contributed by atoms with Crippen LogP contribution in [0.5, 0.6) is 0 Å². The summed E-state index contributed by atoms with van der Waals surface area (Å²) in [6, 6.07) is 1.21. The van der Waals surface area contributed by atoms with Crippen LogP contribution in [-0.4, -0.2) is 34.1 Å². The molecule has 0 spiro atoms. The summed E-state index contributed by atoms with van der Waals surface area (Å²) in [5, 5.41) is 19.3. The van der Waals surface area contributed by atoms with E-state index < -0.39 is 16.8 Å². The summed E-state index contributed by atoms with van der Waals surface area (Å²) in [7, 11) is 0. The predicted octanol–water partition coefficient (Wildman–Crippen LogP) is 1.16. The van der Waals surface area contributed by atoms with Crippen molar-refractivity contribution in [3.05, 3.63) is 27.4 Å². The first-order valence-electron chi connectivity index (χ1n) is 4.76. The lowest BCUT2D eigenvalue weighted by Crippen LogP contribution is -2.50. The van der Waals surface area contributed by atoms with Crippen LogP contribution in [0.4, 0.5) is 11.5 Å². The van der Waals surface area contributed by atoms with Crippen molar-refractivity contribution in [1.82, 2.24) is 4.98 Å². The molecule has 1 aromatic rings. The van der Waals surface area contributed by atoms with Gasteiger partial charge in [0.15, 0.2) is 0 Å². The van der Waals surface area contributed by atoms with Crippen LogP contribution >= 0.6 is 11.6 Å². The standard InChI is InChI=1S/C9H8ClN3O4/c10-7-1-6(13(16)17)2-11-8(7)12-3-5(4-12)9(14)15/h1-2,5H,3-4H2,(H,14,15). The highest BCUT2D eigenvalue weighted by atomic mass is 35.5. The zero-order chi connectivity index (χ0) is 12.6. The molecule has 1 aromatic heterocycles. The van der Waals surface area contributed by atoms with Crippen LogP contribution < -0.4 is 4.90 Å². The lowest BCUT2D eigenvalue weighted by atomic mass is 10.0. The maximum Gasteiger partial charge on any atom is 0.310 e. The quantitative estimate of drug-likeness (QED) is 0.645. The van der Waals surface area contributed by atoms with E-state index in [0.717, 1.165) is 6.20 Å². The zero-order valence-corrected chi connectivity index (χ0v) is 9.29. The average Bonchev–Trinajstić information content (AvgIpc) is 2.17. The largest absolute Gasteiger partial charge is 0.481 e. The maximum absolute atomic E-state index is 10.6. The molecule has 1 saturated heterocycles. The molecule has 7 nitrogen and oxygen atoms in total. The van der Waals surface area contributed by atoms with Gasteiger partial charge in [-0.05, 0) is 0 Å². The van der Waals surface area contributed by atoms with Gasteiger partial charge in [0.2, 0.25) is 0 Å². The van der Waals surface area contributed by atoms with E-state index in [1.54, 1.807) is 4.90 Å². The van der Waals surface area contributed by atoms with Gasteiger partial charge in [-0.1, -0.05) is 11.6 Å². The second-order valence-electron chi connectivity index (χ2n) is 3.70. The van der Waals surface area contributed by atoms with Crippen LogP contribution in [0.2, 0.25) is 5.02 Å². The Morgan fingerprint density at radius 2 is 2.29 bits per heavy atom. The fourth-order valence-electron chi connectivity index (χ4n) is 1.56. The van der Waals surface area contributed by atoms with E-state index in [2.05, 4.69) is 4.98 Å². The highest BCUT2D eigenvalue weighted by molar-refractivity contribution is 6.33. The van der Waals surface area contributed by atoms with Crippen LogP contribution in [0.25, 0.3) is 0 Å². The van der Waals surface area contributed by atoms with Crippen molar-refractivity contribution in [3.63, 3.8) is 0 Å². The molecule has 0 aliphatic carbocycles. The van der Waals surface area contributed by atoms with Gasteiger partial charge in [0, 0.05) is 19.2 Å². The maximum atomic E-state index is 10.6. The van der Waals surface area contributed by atoms with Crippen molar-refractivity contribution in [3.8, 4) is 0 Å². The van der Waals surface area contributed by atoms with Gasteiger partial charge in [-0.15, -0.1) is 0 Å². The van der Waals surface area contributed by atoms with Crippen LogP contribution in [-0.2, 0) is 4.79 Å². The number of nitro groups is 1. The monoisotopic (exact) mass is 257 g/mol.